The second kappa shape index (κ2) is 9.11. The highest BCUT2D eigenvalue weighted by atomic mass is 35.5. The molecule has 1 heterocycles. The van der Waals surface area contributed by atoms with Gasteiger partial charge in [-0.1, -0.05) is 41.4 Å². The maximum absolute atomic E-state index is 6.48. The van der Waals surface area contributed by atoms with Crippen molar-refractivity contribution in [1.82, 2.24) is 9.55 Å². The minimum absolute atomic E-state index is 0.608. The largest absolute Gasteiger partial charge is 0.494 e. The predicted octanol–water partition coefficient (Wildman–Crippen LogP) is 7.49. The summed E-state index contributed by atoms with van der Waals surface area (Å²) >= 11 is 12.6. The van der Waals surface area contributed by atoms with Crippen molar-refractivity contribution in [2.24, 2.45) is 0 Å². The maximum Gasteiger partial charge on any atom is 0.142 e. The maximum atomic E-state index is 6.48. The molecule has 5 heteroatoms. The summed E-state index contributed by atoms with van der Waals surface area (Å²) in [5, 5.41) is 1.23. The third kappa shape index (κ3) is 4.48. The normalized spacial score (nSPS) is 11.2. The zero-order valence-corrected chi connectivity index (χ0v) is 18.7. The van der Waals surface area contributed by atoms with Crippen LogP contribution in [0.2, 0.25) is 10.0 Å². The molecule has 0 bridgehead atoms. The van der Waals surface area contributed by atoms with E-state index < -0.39 is 0 Å². The number of hydrogen-bond acceptors (Lipinski definition) is 2. The quantitative estimate of drug-likeness (QED) is 0.279. The predicted molar refractivity (Wildman–Crippen MR) is 126 cm³/mol. The van der Waals surface area contributed by atoms with Crippen LogP contribution in [0, 0.1) is 13.8 Å². The number of imidazole rings is 1. The van der Waals surface area contributed by atoms with Gasteiger partial charge in [0.2, 0.25) is 0 Å². The van der Waals surface area contributed by atoms with Gasteiger partial charge in [-0.25, -0.2) is 4.98 Å². The fourth-order valence-corrected chi connectivity index (χ4v) is 4.04. The first-order chi connectivity index (χ1) is 14.5. The van der Waals surface area contributed by atoms with E-state index in [1.165, 1.54) is 11.1 Å². The molecule has 0 N–H and O–H groups in total. The summed E-state index contributed by atoms with van der Waals surface area (Å²) in [6.45, 7) is 5.74. The van der Waals surface area contributed by atoms with Gasteiger partial charge in [-0.3, -0.25) is 0 Å². The monoisotopic (exact) mass is 438 g/mol. The summed E-state index contributed by atoms with van der Waals surface area (Å²) in [6.07, 6.45) is 1.93. The van der Waals surface area contributed by atoms with Crippen LogP contribution in [-0.2, 0) is 6.54 Å². The number of ether oxygens (including phenoxy) is 1. The zero-order valence-electron chi connectivity index (χ0n) is 17.2. The fraction of sp³-hybridized carbons (Fsp3) is 0.240. The Kier molecular flexibility index (Phi) is 6.31. The van der Waals surface area contributed by atoms with Gasteiger partial charge in [-0.15, -0.1) is 0 Å². The van der Waals surface area contributed by atoms with Gasteiger partial charge in [-0.2, -0.15) is 0 Å². The molecule has 0 saturated heterocycles. The van der Waals surface area contributed by atoms with E-state index >= 15 is 0 Å². The topological polar surface area (TPSA) is 27.1 Å². The van der Waals surface area contributed by atoms with Crippen LogP contribution in [-0.4, -0.2) is 16.2 Å². The molecule has 0 amide bonds. The van der Waals surface area contributed by atoms with Gasteiger partial charge in [0.1, 0.15) is 11.6 Å². The van der Waals surface area contributed by atoms with Crippen molar-refractivity contribution in [1.29, 1.82) is 0 Å². The summed E-state index contributed by atoms with van der Waals surface area (Å²) in [7, 11) is 0. The molecule has 0 unspecified atom stereocenters. The number of aromatic nitrogens is 2. The zero-order chi connectivity index (χ0) is 21.1. The molecular formula is C25H24Cl2N2O. The molecule has 0 saturated carbocycles. The van der Waals surface area contributed by atoms with Crippen molar-refractivity contribution >= 4 is 34.2 Å². The molecule has 3 aromatic carbocycles. The average molecular weight is 439 g/mol. The Balaban J connectivity index is 1.48. The number of fused-ring (bicyclic) bond motifs is 1. The molecular weight excluding hydrogens is 415 g/mol. The third-order valence-electron chi connectivity index (χ3n) is 5.35. The Labute approximate surface area is 187 Å². The fourth-order valence-electron chi connectivity index (χ4n) is 3.54. The van der Waals surface area contributed by atoms with E-state index in [9.17, 15) is 0 Å². The van der Waals surface area contributed by atoms with Gasteiger partial charge in [0, 0.05) is 17.1 Å². The van der Waals surface area contributed by atoms with Gasteiger partial charge in [0.15, 0.2) is 0 Å². The van der Waals surface area contributed by atoms with Crippen molar-refractivity contribution in [3.05, 3.63) is 81.8 Å². The second-order valence-corrected chi connectivity index (χ2v) is 8.35. The van der Waals surface area contributed by atoms with Gasteiger partial charge in [0.05, 0.1) is 22.7 Å². The average Bonchev–Trinajstić information content (AvgIpc) is 3.09. The number of unbranched alkanes of at least 4 members (excludes halogenated alkanes) is 1. The Morgan fingerprint density at radius 3 is 2.53 bits per heavy atom. The SMILES string of the molecule is Cc1ccc(OCCCCn2c(-c3ccc(Cl)cc3Cl)nc3ccccc32)cc1C. The highest BCUT2D eigenvalue weighted by molar-refractivity contribution is 6.36. The van der Waals surface area contributed by atoms with Crippen LogP contribution in [0.1, 0.15) is 24.0 Å². The summed E-state index contributed by atoms with van der Waals surface area (Å²) in [5.74, 6) is 1.80. The lowest BCUT2D eigenvalue weighted by Crippen LogP contribution is -2.04. The van der Waals surface area contributed by atoms with E-state index in [0.29, 0.717) is 16.7 Å². The Morgan fingerprint density at radius 2 is 1.73 bits per heavy atom. The van der Waals surface area contributed by atoms with Gasteiger partial charge in [-0.05, 0) is 80.3 Å². The Bertz CT molecular complexity index is 1180. The smallest absolute Gasteiger partial charge is 0.142 e. The highest BCUT2D eigenvalue weighted by Crippen LogP contribution is 2.32. The first kappa shape index (κ1) is 20.8. The highest BCUT2D eigenvalue weighted by Gasteiger charge is 2.15. The van der Waals surface area contributed by atoms with E-state index in [-0.39, 0.29) is 0 Å². The summed E-state index contributed by atoms with van der Waals surface area (Å²) in [5.41, 5.74) is 5.49. The van der Waals surface area contributed by atoms with Crippen LogP contribution in [0.25, 0.3) is 22.4 Å². The van der Waals surface area contributed by atoms with Crippen molar-refractivity contribution in [2.75, 3.05) is 6.61 Å². The van der Waals surface area contributed by atoms with Crippen molar-refractivity contribution in [2.45, 2.75) is 33.2 Å². The first-order valence-electron chi connectivity index (χ1n) is 10.1. The van der Waals surface area contributed by atoms with E-state index in [0.717, 1.165) is 47.6 Å². The first-order valence-corrected chi connectivity index (χ1v) is 10.9. The van der Waals surface area contributed by atoms with E-state index in [1.807, 2.05) is 36.4 Å². The minimum Gasteiger partial charge on any atom is -0.494 e. The molecule has 0 atom stereocenters. The number of nitrogens with zero attached hydrogens (tertiary/aromatic N) is 2. The molecule has 4 aromatic rings. The molecule has 0 fully saturated rings. The molecule has 4 rings (SSSR count). The molecule has 0 aliphatic heterocycles. The minimum atomic E-state index is 0.608. The molecule has 0 aliphatic rings. The molecule has 0 spiro atoms. The van der Waals surface area contributed by atoms with Crippen molar-refractivity contribution in [3.63, 3.8) is 0 Å². The molecule has 0 radical (unpaired) electrons. The lowest BCUT2D eigenvalue weighted by molar-refractivity contribution is 0.303. The van der Waals surface area contributed by atoms with Crippen molar-refractivity contribution < 1.29 is 4.74 Å². The van der Waals surface area contributed by atoms with Crippen LogP contribution in [0.4, 0.5) is 0 Å². The number of aryl methyl sites for hydroxylation is 3. The standard InChI is InChI=1S/C25H24Cl2N2O/c1-17-9-11-20(15-18(17)2)30-14-6-5-13-29-24-8-4-3-7-23(24)28-25(29)21-12-10-19(26)16-22(21)27/h3-4,7-12,15-16H,5-6,13-14H2,1-2H3. The number of para-hydroxylation sites is 2. The number of benzene rings is 3. The second-order valence-electron chi connectivity index (χ2n) is 7.50. The summed E-state index contributed by atoms with van der Waals surface area (Å²) < 4.78 is 8.17. The Hall–Kier alpha value is -2.49. The van der Waals surface area contributed by atoms with Crippen LogP contribution < -0.4 is 4.74 Å². The van der Waals surface area contributed by atoms with E-state index in [1.54, 1.807) is 6.07 Å². The number of halogens is 2. The van der Waals surface area contributed by atoms with E-state index in [2.05, 4.69) is 36.6 Å². The molecule has 1 aromatic heterocycles. The van der Waals surface area contributed by atoms with Gasteiger partial charge < -0.3 is 9.30 Å². The van der Waals surface area contributed by atoms with Gasteiger partial charge in [0.25, 0.3) is 0 Å². The van der Waals surface area contributed by atoms with Crippen LogP contribution in [0.3, 0.4) is 0 Å². The van der Waals surface area contributed by atoms with Crippen LogP contribution >= 0.6 is 23.2 Å². The lowest BCUT2D eigenvalue weighted by Gasteiger charge is -2.12. The molecule has 154 valence electrons. The van der Waals surface area contributed by atoms with E-state index in [4.69, 9.17) is 32.9 Å². The molecule has 0 aliphatic carbocycles. The van der Waals surface area contributed by atoms with Crippen LogP contribution in [0.15, 0.2) is 60.7 Å². The lowest BCUT2D eigenvalue weighted by atomic mass is 10.1. The Morgan fingerprint density at radius 1 is 0.900 bits per heavy atom. The van der Waals surface area contributed by atoms with Crippen molar-refractivity contribution in [3.8, 4) is 17.1 Å². The number of rotatable bonds is 7. The van der Waals surface area contributed by atoms with Gasteiger partial charge >= 0.3 is 0 Å². The molecule has 3 nitrogen and oxygen atoms in total. The third-order valence-corrected chi connectivity index (χ3v) is 5.90. The summed E-state index contributed by atoms with van der Waals surface area (Å²) in [4.78, 5) is 4.84. The number of hydrogen-bond donors (Lipinski definition) is 0. The van der Waals surface area contributed by atoms with Crippen LogP contribution in [0.5, 0.6) is 5.75 Å². The summed E-state index contributed by atoms with van der Waals surface area (Å²) in [6, 6.07) is 20.0. The molecule has 30 heavy (non-hydrogen) atoms.